The van der Waals surface area contributed by atoms with Gasteiger partial charge >= 0.3 is 0 Å². The molecule has 0 atom stereocenters. The Morgan fingerprint density at radius 2 is 2.04 bits per heavy atom. The summed E-state index contributed by atoms with van der Waals surface area (Å²) in [5.41, 5.74) is 1.38. The molecule has 1 aromatic heterocycles. The van der Waals surface area contributed by atoms with Crippen LogP contribution in [0.2, 0.25) is 0 Å². The Bertz CT molecular complexity index is 1080. The summed E-state index contributed by atoms with van der Waals surface area (Å²) >= 11 is 3.30. The predicted molar refractivity (Wildman–Crippen MR) is 101 cm³/mol. The van der Waals surface area contributed by atoms with Gasteiger partial charge in [0.25, 0.3) is 5.56 Å². The molecule has 4 rings (SSSR count). The molecule has 1 aliphatic rings. The van der Waals surface area contributed by atoms with Gasteiger partial charge in [-0.3, -0.25) is 9.59 Å². The number of H-pyrrole nitrogens is 1. The molecule has 0 bridgehead atoms. The van der Waals surface area contributed by atoms with Crippen LogP contribution in [0.1, 0.15) is 17.7 Å². The van der Waals surface area contributed by atoms with Crippen molar-refractivity contribution in [3.63, 3.8) is 0 Å². The van der Waals surface area contributed by atoms with Gasteiger partial charge in [-0.05, 0) is 31.0 Å². The van der Waals surface area contributed by atoms with E-state index in [1.54, 1.807) is 35.2 Å². The summed E-state index contributed by atoms with van der Waals surface area (Å²) in [4.78, 5) is 26.4. The number of anilines is 1. The Kier molecular flexibility index (Phi) is 4.32. The lowest BCUT2D eigenvalue weighted by Crippen LogP contribution is -2.37. The SMILES string of the molecule is O=C(Cc1n[nH]c(=O)c2ccccc12)N1CCCc2c(F)cc(Br)cc21. The first-order valence-corrected chi connectivity index (χ1v) is 9.08. The highest BCUT2D eigenvalue weighted by molar-refractivity contribution is 9.10. The van der Waals surface area contributed by atoms with Crippen LogP contribution in [0.5, 0.6) is 0 Å². The van der Waals surface area contributed by atoms with E-state index in [0.717, 1.165) is 0 Å². The van der Waals surface area contributed by atoms with E-state index in [4.69, 9.17) is 0 Å². The number of hydrogen-bond donors (Lipinski definition) is 1. The number of aromatic nitrogens is 2. The molecule has 0 fully saturated rings. The van der Waals surface area contributed by atoms with E-state index in [0.29, 0.717) is 51.6 Å². The van der Waals surface area contributed by atoms with Crippen LogP contribution in [0.25, 0.3) is 10.8 Å². The number of carbonyl (C=O) groups is 1. The van der Waals surface area contributed by atoms with E-state index in [1.807, 2.05) is 0 Å². The quantitative estimate of drug-likeness (QED) is 0.697. The standard InChI is InChI=1S/C19H15BrFN3O2/c20-11-8-15(21)14-6-3-7-24(17(14)9-11)18(25)10-16-12-4-1-2-5-13(12)19(26)23-22-16/h1-2,4-5,8-9H,3,6-7,10H2,(H,23,26). The molecule has 1 aliphatic heterocycles. The molecule has 1 N–H and O–H groups in total. The molecular formula is C19H15BrFN3O2. The number of hydrogen-bond acceptors (Lipinski definition) is 3. The maximum Gasteiger partial charge on any atom is 0.272 e. The van der Waals surface area contributed by atoms with Gasteiger partial charge in [0.1, 0.15) is 5.82 Å². The molecule has 7 heteroatoms. The minimum absolute atomic E-state index is 0.0326. The molecule has 132 valence electrons. The Labute approximate surface area is 157 Å². The second-order valence-corrected chi connectivity index (χ2v) is 7.17. The Morgan fingerprint density at radius 3 is 2.85 bits per heavy atom. The summed E-state index contributed by atoms with van der Waals surface area (Å²) in [6.07, 6.45) is 1.35. The third-order valence-electron chi connectivity index (χ3n) is 4.63. The van der Waals surface area contributed by atoms with Crippen molar-refractivity contribution in [3.05, 3.63) is 68.3 Å². The van der Waals surface area contributed by atoms with Crippen molar-refractivity contribution in [2.24, 2.45) is 0 Å². The van der Waals surface area contributed by atoms with E-state index < -0.39 is 0 Å². The van der Waals surface area contributed by atoms with Gasteiger partial charge < -0.3 is 4.90 Å². The molecule has 26 heavy (non-hydrogen) atoms. The molecule has 0 unspecified atom stereocenters. The zero-order chi connectivity index (χ0) is 18.3. The number of fused-ring (bicyclic) bond motifs is 2. The van der Waals surface area contributed by atoms with E-state index >= 15 is 0 Å². The first-order chi connectivity index (χ1) is 12.5. The van der Waals surface area contributed by atoms with Crippen molar-refractivity contribution in [1.82, 2.24) is 10.2 Å². The fourth-order valence-corrected chi connectivity index (χ4v) is 3.83. The molecule has 0 radical (unpaired) electrons. The van der Waals surface area contributed by atoms with Gasteiger partial charge in [-0.2, -0.15) is 5.10 Å². The van der Waals surface area contributed by atoms with Crippen LogP contribution in [-0.4, -0.2) is 22.6 Å². The highest BCUT2D eigenvalue weighted by atomic mass is 79.9. The normalized spacial score (nSPS) is 13.7. The summed E-state index contributed by atoms with van der Waals surface area (Å²) in [6.45, 7) is 0.531. The monoisotopic (exact) mass is 415 g/mol. The molecule has 0 saturated heterocycles. The van der Waals surface area contributed by atoms with Gasteiger partial charge in [0, 0.05) is 22.0 Å². The summed E-state index contributed by atoms with van der Waals surface area (Å²) in [7, 11) is 0. The van der Waals surface area contributed by atoms with Gasteiger partial charge in [0.05, 0.1) is 23.2 Å². The molecular weight excluding hydrogens is 401 g/mol. The average molecular weight is 416 g/mol. The minimum atomic E-state index is -0.306. The van der Waals surface area contributed by atoms with Crippen LogP contribution >= 0.6 is 15.9 Å². The lowest BCUT2D eigenvalue weighted by atomic mass is 10.00. The number of halogens is 2. The van der Waals surface area contributed by atoms with E-state index in [1.165, 1.54) is 6.07 Å². The smallest absolute Gasteiger partial charge is 0.272 e. The molecule has 0 spiro atoms. The second-order valence-electron chi connectivity index (χ2n) is 6.26. The van der Waals surface area contributed by atoms with Crippen molar-refractivity contribution in [3.8, 4) is 0 Å². The molecule has 3 aromatic rings. The first kappa shape index (κ1) is 16.9. The van der Waals surface area contributed by atoms with Crippen LogP contribution in [-0.2, 0) is 17.6 Å². The number of carbonyl (C=O) groups excluding carboxylic acids is 1. The average Bonchev–Trinajstić information content (AvgIpc) is 2.63. The van der Waals surface area contributed by atoms with Crippen LogP contribution < -0.4 is 10.5 Å². The largest absolute Gasteiger partial charge is 0.312 e. The Morgan fingerprint density at radius 1 is 1.27 bits per heavy atom. The zero-order valence-corrected chi connectivity index (χ0v) is 15.3. The minimum Gasteiger partial charge on any atom is -0.312 e. The Hall–Kier alpha value is -2.54. The number of nitrogens with one attached hydrogen (secondary N) is 1. The van der Waals surface area contributed by atoms with E-state index in [-0.39, 0.29) is 23.7 Å². The Balaban J connectivity index is 1.71. The van der Waals surface area contributed by atoms with Crippen molar-refractivity contribution < 1.29 is 9.18 Å². The number of nitrogens with zero attached hydrogens (tertiary/aromatic N) is 2. The molecule has 5 nitrogen and oxygen atoms in total. The predicted octanol–water partition coefficient (Wildman–Crippen LogP) is 3.35. The van der Waals surface area contributed by atoms with Crippen LogP contribution in [0.15, 0.2) is 45.7 Å². The maximum absolute atomic E-state index is 14.2. The second kappa shape index (κ2) is 6.64. The number of benzene rings is 2. The summed E-state index contributed by atoms with van der Waals surface area (Å²) in [5.74, 6) is -0.479. The van der Waals surface area contributed by atoms with Gasteiger partial charge in [-0.25, -0.2) is 9.49 Å². The van der Waals surface area contributed by atoms with Crippen molar-refractivity contribution in [1.29, 1.82) is 0 Å². The maximum atomic E-state index is 14.2. The lowest BCUT2D eigenvalue weighted by molar-refractivity contribution is -0.118. The lowest BCUT2D eigenvalue weighted by Gasteiger charge is -2.30. The topological polar surface area (TPSA) is 66.1 Å². The molecule has 0 saturated carbocycles. The highest BCUT2D eigenvalue weighted by Gasteiger charge is 2.26. The molecule has 2 heterocycles. The van der Waals surface area contributed by atoms with Crippen molar-refractivity contribution in [2.75, 3.05) is 11.4 Å². The van der Waals surface area contributed by atoms with Crippen molar-refractivity contribution in [2.45, 2.75) is 19.3 Å². The van der Waals surface area contributed by atoms with E-state index in [2.05, 4.69) is 26.1 Å². The summed E-state index contributed by atoms with van der Waals surface area (Å²) in [5, 5.41) is 7.66. The molecule has 2 aromatic carbocycles. The summed E-state index contributed by atoms with van der Waals surface area (Å²) in [6, 6.07) is 10.2. The van der Waals surface area contributed by atoms with Crippen LogP contribution in [0, 0.1) is 5.82 Å². The van der Waals surface area contributed by atoms with Gasteiger partial charge in [-0.15, -0.1) is 0 Å². The molecule has 1 amide bonds. The third kappa shape index (κ3) is 2.92. The molecule has 0 aliphatic carbocycles. The number of amides is 1. The fourth-order valence-electron chi connectivity index (χ4n) is 3.42. The third-order valence-corrected chi connectivity index (χ3v) is 5.09. The fraction of sp³-hybridized carbons (Fsp3) is 0.211. The van der Waals surface area contributed by atoms with Crippen LogP contribution in [0.4, 0.5) is 10.1 Å². The highest BCUT2D eigenvalue weighted by Crippen LogP contribution is 2.33. The number of rotatable bonds is 2. The van der Waals surface area contributed by atoms with Gasteiger partial charge in [0.15, 0.2) is 0 Å². The summed E-state index contributed by atoms with van der Waals surface area (Å²) < 4.78 is 14.8. The van der Waals surface area contributed by atoms with Gasteiger partial charge in [0.2, 0.25) is 5.91 Å². The van der Waals surface area contributed by atoms with Crippen molar-refractivity contribution >= 4 is 38.3 Å². The first-order valence-electron chi connectivity index (χ1n) is 8.29. The zero-order valence-electron chi connectivity index (χ0n) is 13.8. The number of aromatic amines is 1. The van der Waals surface area contributed by atoms with Gasteiger partial charge in [-0.1, -0.05) is 34.1 Å². The van der Waals surface area contributed by atoms with E-state index in [9.17, 15) is 14.0 Å². The van der Waals surface area contributed by atoms with Crippen LogP contribution in [0.3, 0.4) is 0 Å².